The van der Waals surface area contributed by atoms with Crippen molar-refractivity contribution in [1.82, 2.24) is 53.2 Å². The fraction of sp³-hybridized carbons (Fsp3) is 0.670. The third-order valence-corrected chi connectivity index (χ3v) is 25.4. The molecule has 3 aromatic carbocycles. The highest BCUT2D eigenvalue weighted by Gasteiger charge is 2.60. The number of phenolic OH excluding ortho intramolecular Hbond substituents is 1. The number of aliphatic hydroxyl groups excluding tert-OH is 21. The van der Waals surface area contributed by atoms with Gasteiger partial charge in [-0.25, -0.2) is 9.59 Å². The van der Waals surface area contributed by atoms with Crippen LogP contribution in [0.1, 0.15) is 56.7 Å². The summed E-state index contributed by atoms with van der Waals surface area (Å²) >= 11 is 0. The van der Waals surface area contributed by atoms with Gasteiger partial charge in [0, 0.05) is 40.0 Å². The average molecular weight is 2090 g/mol. The number of ether oxygens (including phenoxy) is 15. The van der Waals surface area contributed by atoms with Gasteiger partial charge in [0.2, 0.25) is 53.2 Å². The molecule has 3 aromatic rings. The lowest BCUT2D eigenvalue weighted by Gasteiger charge is -2.51. The highest BCUT2D eigenvalue weighted by atomic mass is 16.8. The van der Waals surface area contributed by atoms with Gasteiger partial charge in [-0.2, -0.15) is 0 Å². The Morgan fingerprint density at radius 1 is 0.336 bits per heavy atom. The van der Waals surface area contributed by atoms with Gasteiger partial charge >= 0.3 is 12.1 Å². The Morgan fingerprint density at radius 3 is 1.16 bits per heavy atom. The summed E-state index contributed by atoms with van der Waals surface area (Å²) in [6.07, 6.45) is -69.5. The molecule has 7 aliphatic heterocycles. The quantitative estimate of drug-likeness (QED) is 0.0234. The lowest BCUT2D eigenvalue weighted by Crippen LogP contribution is -2.71. The summed E-state index contributed by atoms with van der Waals surface area (Å²) in [5.41, 5.74) is 3.75. The van der Waals surface area contributed by atoms with E-state index in [1.807, 2.05) is 36.4 Å². The molecule has 10 amide bonds. The molecule has 11 rings (SSSR count). The van der Waals surface area contributed by atoms with Gasteiger partial charge in [0.25, 0.3) is 0 Å². The summed E-state index contributed by atoms with van der Waals surface area (Å²) in [4.78, 5) is 150. The SMILES string of the molecule is COC(=O)[C@H](Cc1ccc(O)cc1)NC(=O)[C@H](CC(=O)N[C@@H]1O[C@H](CO)[C@@H](O[C@@H]2O[C@H](CO)[C@@H](O[C@@H]3O[C@H](CO[C@H]4O[C@H](CO)[C@@H](O)[C@H](O)[C@@H]4O[C@@H]4O[C@H](CO)[C@@H](O)[C@H](O)[C@H]4NC(C)=O)[C@@H](O)[C@H](O[C@H]4O[C@H](CO)[C@@H](O)[C@H](O)[C@@H]4O[C@@H]4O[C@H](CO)[C@@H](O)[C@H](O)[C@H]4NC(C)=O)[C@@H]3O)[C@H](O)[C@H]2NC(C)=O)[C@H](O)[C@H]1NC(C)=O)NC(=O)[C@H](CO)NC(=O)[C@H](CO)NC(=O)[C@H](CO)NC(=O)OCC1c2ccccc2-c2ccccc21. The number of carbonyl (C=O) groups excluding carboxylic acids is 11. The zero-order chi connectivity index (χ0) is 107. The van der Waals surface area contributed by atoms with E-state index in [0.717, 1.165) is 57.1 Å². The van der Waals surface area contributed by atoms with Gasteiger partial charge in [0.15, 0.2) is 44.0 Å². The Morgan fingerprint density at radius 2 is 0.699 bits per heavy atom. The van der Waals surface area contributed by atoms with Crippen molar-refractivity contribution >= 4 is 65.2 Å². The molecular weight excluding hydrogens is 1960 g/mol. The Bertz CT molecular complexity index is 4810. The van der Waals surface area contributed by atoms with E-state index in [4.69, 9.17) is 71.1 Å². The van der Waals surface area contributed by atoms with E-state index < -0.39 is 395 Å². The van der Waals surface area contributed by atoms with Crippen molar-refractivity contribution in [3.8, 4) is 16.9 Å². The first-order valence-electron chi connectivity index (χ1n) is 46.2. The number of aromatic hydroxyl groups is 1. The molecule has 32 N–H and O–H groups in total. The summed E-state index contributed by atoms with van der Waals surface area (Å²) in [5, 5.41) is 268. The second-order valence-electron chi connectivity index (χ2n) is 35.6. The van der Waals surface area contributed by atoms with Gasteiger partial charge in [-0.1, -0.05) is 60.7 Å². The summed E-state index contributed by atoms with van der Waals surface area (Å²) in [5.74, 6) is -12.6. The first kappa shape index (κ1) is 116. The Hall–Kier alpha value is -9.93. The van der Waals surface area contributed by atoms with Crippen LogP contribution in [0, 0.1) is 0 Å². The van der Waals surface area contributed by atoms with Crippen LogP contribution in [0.25, 0.3) is 11.1 Å². The summed E-state index contributed by atoms with van der Waals surface area (Å²) in [6.45, 7) is -8.33. The number of aliphatic hydroxyl groups is 21. The van der Waals surface area contributed by atoms with Gasteiger partial charge in [-0.3, -0.25) is 43.2 Å². The Balaban J connectivity index is 0.834. The molecule has 40 atom stereocenters. The lowest BCUT2D eigenvalue weighted by molar-refractivity contribution is -0.395. The molecular formula is C88H126N10O48. The number of phenols is 1. The fourth-order valence-corrected chi connectivity index (χ4v) is 17.9. The third-order valence-electron chi connectivity index (χ3n) is 25.4. The zero-order valence-corrected chi connectivity index (χ0v) is 78.7. The maximum atomic E-state index is 14.7. The van der Waals surface area contributed by atoms with Crippen molar-refractivity contribution in [3.63, 3.8) is 0 Å². The average Bonchev–Trinajstić information content (AvgIpc) is 1.55. The predicted molar refractivity (Wildman–Crippen MR) is 474 cm³/mol. The van der Waals surface area contributed by atoms with Crippen molar-refractivity contribution in [2.75, 3.05) is 79.8 Å². The Kier molecular flexibility index (Phi) is 42.2. The molecule has 816 valence electrons. The van der Waals surface area contributed by atoms with Gasteiger partial charge in [0.05, 0.1) is 79.6 Å². The third kappa shape index (κ3) is 27.8. The molecule has 7 saturated heterocycles. The molecule has 58 nitrogen and oxygen atoms in total. The van der Waals surface area contributed by atoms with Gasteiger partial charge in [-0.05, 0) is 39.9 Å². The second kappa shape index (κ2) is 53.0. The minimum Gasteiger partial charge on any atom is -0.508 e. The largest absolute Gasteiger partial charge is 0.508 e. The van der Waals surface area contributed by atoms with E-state index in [9.17, 15) is 165 Å². The van der Waals surface area contributed by atoms with Crippen LogP contribution < -0.4 is 53.2 Å². The number of benzene rings is 3. The van der Waals surface area contributed by atoms with Crippen LogP contribution in [-0.2, 0) is 125 Å². The number of rotatable bonds is 43. The highest BCUT2D eigenvalue weighted by Crippen LogP contribution is 2.45. The summed E-state index contributed by atoms with van der Waals surface area (Å²) in [6, 6.07) is 2.15. The monoisotopic (exact) mass is 2090 g/mol. The lowest BCUT2D eigenvalue weighted by atomic mass is 9.93. The summed E-state index contributed by atoms with van der Waals surface area (Å²) < 4.78 is 88.9. The minimum atomic E-state index is -2.60. The van der Waals surface area contributed by atoms with Crippen LogP contribution in [0.2, 0.25) is 0 Å². The number of nitrogens with one attached hydrogen (secondary N) is 10. The number of amides is 10. The van der Waals surface area contributed by atoms with Crippen molar-refractivity contribution in [3.05, 3.63) is 89.5 Å². The molecule has 0 saturated carbocycles. The van der Waals surface area contributed by atoms with Crippen molar-refractivity contribution in [1.29, 1.82) is 0 Å². The molecule has 0 bridgehead atoms. The van der Waals surface area contributed by atoms with Crippen molar-refractivity contribution < 1.29 is 236 Å². The number of fused-ring (bicyclic) bond motifs is 3. The van der Waals surface area contributed by atoms with Crippen LogP contribution in [-0.4, -0.2) is 502 Å². The summed E-state index contributed by atoms with van der Waals surface area (Å²) in [7, 11) is 0.932. The van der Waals surface area contributed by atoms with Gasteiger partial charge < -0.3 is 237 Å². The fourth-order valence-electron chi connectivity index (χ4n) is 17.9. The number of alkyl carbamates (subject to hydrolysis) is 1. The molecule has 0 radical (unpaired) electrons. The van der Waals surface area contributed by atoms with E-state index in [-0.39, 0.29) is 17.9 Å². The van der Waals surface area contributed by atoms with Gasteiger partial charge in [0.1, 0.15) is 213 Å². The number of hydrogen-bond donors (Lipinski definition) is 32. The molecule has 146 heavy (non-hydrogen) atoms. The van der Waals surface area contributed by atoms with E-state index in [0.29, 0.717) is 0 Å². The number of esters is 1. The first-order chi connectivity index (χ1) is 69.5. The van der Waals surface area contributed by atoms with Crippen LogP contribution in [0.3, 0.4) is 0 Å². The molecule has 58 heteroatoms. The first-order valence-corrected chi connectivity index (χ1v) is 46.2. The van der Waals surface area contributed by atoms with Gasteiger partial charge in [-0.15, -0.1) is 0 Å². The Labute approximate surface area is 828 Å². The van der Waals surface area contributed by atoms with Crippen LogP contribution in [0.5, 0.6) is 5.75 Å². The molecule has 1 aliphatic carbocycles. The zero-order valence-electron chi connectivity index (χ0n) is 78.7. The number of methoxy groups -OCH3 is 1. The topological polar surface area (TPSA) is 892 Å². The molecule has 0 aromatic heterocycles. The predicted octanol–water partition coefficient (Wildman–Crippen LogP) is -17.2. The molecule has 8 aliphatic rings. The normalized spacial score (nSPS) is 34.9. The molecule has 7 heterocycles. The maximum Gasteiger partial charge on any atom is 0.407 e. The minimum absolute atomic E-state index is 0.216. The number of hydrogen-bond acceptors (Lipinski definition) is 48. The van der Waals surface area contributed by atoms with E-state index in [1.54, 1.807) is 12.1 Å². The van der Waals surface area contributed by atoms with Crippen LogP contribution >= 0.6 is 0 Å². The highest BCUT2D eigenvalue weighted by molar-refractivity contribution is 5.98. The van der Waals surface area contributed by atoms with Crippen LogP contribution in [0.15, 0.2) is 72.8 Å². The van der Waals surface area contributed by atoms with Crippen molar-refractivity contribution in [2.24, 2.45) is 0 Å². The van der Waals surface area contributed by atoms with E-state index in [1.165, 1.54) is 24.3 Å². The van der Waals surface area contributed by atoms with E-state index >= 15 is 0 Å². The van der Waals surface area contributed by atoms with Crippen molar-refractivity contribution in [2.45, 2.75) is 291 Å². The molecule has 0 spiro atoms. The standard InChI is InChI=1S/C88H126N10O48/c1-31(108)89-55-66(121)71(51(27-106)135-80(55)98-54(113)19-42(76(126)94-43(81(130)132-5)18-35-14-16-36(112)17-15-35)93-77(127)44(20-99)95-78(128)45(21-100)96-79(129)46(22-101)97-88(131)134-29-41-39-12-8-6-10-37(39)38-11-7-9-13-40(38)41)142-84-58(92-34(4)111)67(122)72(52(28-107)140-84)143-85-70(125)73(144-87-75(69(124)62(117)50(26-105)139-87)146-83-57(91-33(3)110)65(120)60(115)48(24-103)137-83)63(118)53(141-85)30-133-86-74(68(123)61(116)49(25-104)138-86)145-82-56(90-32(2)109)64(119)59(114)47(23-102)136-82/h6-17,41-53,55-75,80,82-87,99-107,112,114-125H,18-30H2,1-5H3,(H,89,108)(H,90,109)(H,91,110)(H,92,111)(H,93,127)(H,94,126)(H,95,128)(H,96,129)(H,97,131)(H,98,113)/t42-,43-,44-,45-,46-,47+,48+,49+,50+,51+,52+,53+,55+,56+,57+,58+,59+,60+,61+,62+,63+,64+,65+,66+,67+,68-,69-,70-,71+,72+,73-,74-,75-,80+,82-,83-,84-,85-,86-,87+/m0/s1. The smallest absolute Gasteiger partial charge is 0.407 e. The maximum absolute atomic E-state index is 14.7. The molecule has 0 unspecified atom stereocenters. The van der Waals surface area contributed by atoms with Crippen LogP contribution in [0.4, 0.5) is 4.79 Å². The number of carbonyl (C=O) groups is 11. The second-order valence-corrected chi connectivity index (χ2v) is 35.6. The van der Waals surface area contributed by atoms with E-state index in [2.05, 4.69) is 53.2 Å². The molecule has 7 fully saturated rings.